The first kappa shape index (κ1) is 22.1. The molecule has 0 bridgehead atoms. The van der Waals surface area contributed by atoms with Crippen LogP contribution in [0.25, 0.3) is 0 Å². The largest absolute Gasteiger partial charge is 0.495 e. The molecule has 156 valence electrons. The molecule has 0 aliphatic heterocycles. The number of amides is 2. The second kappa shape index (κ2) is 10.4. The molecule has 2 aromatic carbocycles. The average Bonchev–Trinajstić information content (AvgIpc) is 2.76. The van der Waals surface area contributed by atoms with Gasteiger partial charge >= 0.3 is 0 Å². The average molecular weight is 400 g/mol. The molecule has 0 saturated carbocycles. The van der Waals surface area contributed by atoms with E-state index in [1.165, 1.54) is 14.2 Å². The molecule has 0 spiro atoms. The Morgan fingerprint density at radius 1 is 1.03 bits per heavy atom. The smallest absolute Gasteiger partial charge is 0.262 e. The minimum atomic E-state index is -0.340. The van der Waals surface area contributed by atoms with Crippen molar-refractivity contribution < 1.29 is 23.8 Å². The molecule has 7 nitrogen and oxygen atoms in total. The van der Waals surface area contributed by atoms with E-state index in [9.17, 15) is 9.59 Å². The third kappa shape index (κ3) is 5.63. The number of rotatable bonds is 9. The third-order valence-electron chi connectivity index (χ3n) is 4.72. The molecule has 0 radical (unpaired) electrons. The van der Waals surface area contributed by atoms with Gasteiger partial charge < -0.3 is 24.4 Å². The van der Waals surface area contributed by atoms with Gasteiger partial charge in [-0.25, -0.2) is 0 Å². The summed E-state index contributed by atoms with van der Waals surface area (Å²) in [5.41, 5.74) is 1.06. The van der Waals surface area contributed by atoms with Gasteiger partial charge in [0.25, 0.3) is 11.8 Å². The lowest BCUT2D eigenvalue weighted by Gasteiger charge is -2.24. The summed E-state index contributed by atoms with van der Waals surface area (Å²) in [5, 5.41) is 2.74. The Bertz CT molecular complexity index is 853. The summed E-state index contributed by atoms with van der Waals surface area (Å²) in [7, 11) is 4.80. The van der Waals surface area contributed by atoms with Crippen LogP contribution in [0.1, 0.15) is 30.6 Å². The SMILES string of the molecule is CCC(C)N(C)C(=O)c1ccc(OCC(=O)Nc2ccccc2OC)c(OC)c1. The van der Waals surface area contributed by atoms with Gasteiger partial charge in [-0.05, 0) is 43.7 Å². The molecule has 2 amide bonds. The lowest BCUT2D eigenvalue weighted by molar-refractivity contribution is -0.118. The second-order valence-electron chi connectivity index (χ2n) is 6.58. The zero-order valence-electron chi connectivity index (χ0n) is 17.5. The standard InChI is InChI=1S/C22H28N2O5/c1-6-15(2)24(3)22(26)16-11-12-19(20(13-16)28-5)29-14-21(25)23-17-9-7-8-10-18(17)27-4/h7-13,15H,6,14H2,1-5H3,(H,23,25). The summed E-state index contributed by atoms with van der Waals surface area (Å²) in [6.07, 6.45) is 0.863. The Hall–Kier alpha value is -3.22. The van der Waals surface area contributed by atoms with Gasteiger partial charge in [0.1, 0.15) is 5.75 Å². The van der Waals surface area contributed by atoms with Gasteiger partial charge in [0.15, 0.2) is 18.1 Å². The van der Waals surface area contributed by atoms with Gasteiger partial charge in [0.2, 0.25) is 0 Å². The van der Waals surface area contributed by atoms with Crippen LogP contribution >= 0.6 is 0 Å². The Kier molecular flexibility index (Phi) is 7.88. The summed E-state index contributed by atoms with van der Waals surface area (Å²) in [6, 6.07) is 12.2. The van der Waals surface area contributed by atoms with E-state index in [0.29, 0.717) is 28.5 Å². The monoisotopic (exact) mass is 400 g/mol. The first-order valence-corrected chi connectivity index (χ1v) is 9.42. The van der Waals surface area contributed by atoms with Crippen LogP contribution < -0.4 is 19.5 Å². The highest BCUT2D eigenvalue weighted by Gasteiger charge is 2.18. The van der Waals surface area contributed by atoms with E-state index in [-0.39, 0.29) is 24.5 Å². The number of hydrogen-bond donors (Lipinski definition) is 1. The maximum atomic E-state index is 12.6. The number of carbonyl (C=O) groups excluding carboxylic acids is 2. The van der Waals surface area contributed by atoms with E-state index in [1.54, 1.807) is 48.3 Å². The predicted molar refractivity (Wildman–Crippen MR) is 112 cm³/mol. The van der Waals surface area contributed by atoms with Crippen LogP contribution in [0.2, 0.25) is 0 Å². The summed E-state index contributed by atoms with van der Waals surface area (Å²) in [6.45, 7) is 3.81. The summed E-state index contributed by atoms with van der Waals surface area (Å²) < 4.78 is 16.2. The molecule has 0 aliphatic carbocycles. The molecule has 1 unspecified atom stereocenters. The molecular weight excluding hydrogens is 372 g/mol. The molecule has 29 heavy (non-hydrogen) atoms. The first-order chi connectivity index (χ1) is 13.9. The summed E-state index contributed by atoms with van der Waals surface area (Å²) >= 11 is 0. The van der Waals surface area contributed by atoms with Gasteiger partial charge in [-0.1, -0.05) is 19.1 Å². The highest BCUT2D eigenvalue weighted by molar-refractivity contribution is 5.95. The first-order valence-electron chi connectivity index (χ1n) is 9.42. The maximum Gasteiger partial charge on any atom is 0.262 e. The quantitative estimate of drug-likeness (QED) is 0.696. The molecule has 7 heteroatoms. The molecule has 0 saturated heterocycles. The molecule has 2 aromatic rings. The van der Waals surface area contributed by atoms with Gasteiger partial charge in [-0.15, -0.1) is 0 Å². The Morgan fingerprint density at radius 2 is 1.72 bits per heavy atom. The lowest BCUT2D eigenvalue weighted by Crippen LogP contribution is -2.34. The van der Waals surface area contributed by atoms with Crippen molar-refractivity contribution in [2.45, 2.75) is 26.3 Å². The van der Waals surface area contributed by atoms with Crippen molar-refractivity contribution >= 4 is 17.5 Å². The second-order valence-corrected chi connectivity index (χ2v) is 6.58. The molecular formula is C22H28N2O5. The minimum absolute atomic E-state index is 0.0990. The van der Waals surface area contributed by atoms with Crippen molar-refractivity contribution in [2.24, 2.45) is 0 Å². The topological polar surface area (TPSA) is 77.1 Å². The van der Waals surface area contributed by atoms with Crippen LogP contribution in [0.3, 0.4) is 0 Å². The molecule has 1 atom stereocenters. The molecule has 1 N–H and O–H groups in total. The van der Waals surface area contributed by atoms with E-state index >= 15 is 0 Å². The fourth-order valence-corrected chi connectivity index (χ4v) is 2.68. The zero-order chi connectivity index (χ0) is 21.4. The molecule has 0 heterocycles. The van der Waals surface area contributed by atoms with Crippen molar-refractivity contribution in [1.82, 2.24) is 4.90 Å². The zero-order valence-corrected chi connectivity index (χ0v) is 17.5. The van der Waals surface area contributed by atoms with E-state index in [2.05, 4.69) is 5.32 Å². The number of nitrogens with one attached hydrogen (secondary N) is 1. The van der Waals surface area contributed by atoms with Crippen molar-refractivity contribution in [1.29, 1.82) is 0 Å². The number of methoxy groups -OCH3 is 2. The van der Waals surface area contributed by atoms with Crippen molar-refractivity contribution in [2.75, 3.05) is 33.2 Å². The highest BCUT2D eigenvalue weighted by atomic mass is 16.5. The number of benzene rings is 2. The number of hydrogen-bond acceptors (Lipinski definition) is 5. The number of carbonyl (C=O) groups is 2. The van der Waals surface area contributed by atoms with Crippen LogP contribution in [-0.4, -0.2) is 50.6 Å². The van der Waals surface area contributed by atoms with Crippen LogP contribution in [0, 0.1) is 0 Å². The van der Waals surface area contributed by atoms with Crippen LogP contribution in [0.4, 0.5) is 5.69 Å². The lowest BCUT2D eigenvalue weighted by atomic mass is 10.1. The van der Waals surface area contributed by atoms with Crippen LogP contribution in [0.5, 0.6) is 17.2 Å². The van der Waals surface area contributed by atoms with E-state index in [0.717, 1.165) is 6.42 Å². The Labute approximate surface area is 171 Å². The highest BCUT2D eigenvalue weighted by Crippen LogP contribution is 2.29. The fourth-order valence-electron chi connectivity index (χ4n) is 2.68. The predicted octanol–water partition coefficient (Wildman–Crippen LogP) is 3.59. The fraction of sp³-hybridized carbons (Fsp3) is 0.364. The maximum absolute atomic E-state index is 12.6. The molecule has 2 rings (SSSR count). The number of anilines is 1. The van der Waals surface area contributed by atoms with Crippen molar-refractivity contribution in [3.05, 3.63) is 48.0 Å². The van der Waals surface area contributed by atoms with Gasteiger partial charge in [0, 0.05) is 18.7 Å². The number of ether oxygens (including phenoxy) is 3. The Morgan fingerprint density at radius 3 is 2.38 bits per heavy atom. The number of para-hydroxylation sites is 2. The van der Waals surface area contributed by atoms with Gasteiger partial charge in [-0.3, -0.25) is 9.59 Å². The van der Waals surface area contributed by atoms with Crippen molar-refractivity contribution in [3.8, 4) is 17.2 Å². The molecule has 0 aromatic heterocycles. The Balaban J connectivity index is 2.05. The number of nitrogens with zero attached hydrogens (tertiary/aromatic N) is 1. The third-order valence-corrected chi connectivity index (χ3v) is 4.72. The summed E-state index contributed by atoms with van der Waals surface area (Å²) in [4.78, 5) is 26.5. The van der Waals surface area contributed by atoms with Gasteiger partial charge in [0.05, 0.1) is 19.9 Å². The van der Waals surface area contributed by atoms with E-state index < -0.39 is 0 Å². The minimum Gasteiger partial charge on any atom is -0.495 e. The van der Waals surface area contributed by atoms with Crippen molar-refractivity contribution in [3.63, 3.8) is 0 Å². The van der Waals surface area contributed by atoms with Gasteiger partial charge in [-0.2, -0.15) is 0 Å². The normalized spacial score (nSPS) is 11.3. The van der Waals surface area contributed by atoms with E-state index in [4.69, 9.17) is 14.2 Å². The van der Waals surface area contributed by atoms with Crippen LogP contribution in [-0.2, 0) is 4.79 Å². The molecule has 0 aliphatic rings. The molecule has 0 fully saturated rings. The van der Waals surface area contributed by atoms with E-state index in [1.807, 2.05) is 19.9 Å². The van der Waals surface area contributed by atoms with Crippen LogP contribution in [0.15, 0.2) is 42.5 Å². The summed E-state index contributed by atoms with van der Waals surface area (Å²) in [5.74, 6) is 0.891.